The number of esters is 1. The molecule has 4 N–H and O–H groups in total. The summed E-state index contributed by atoms with van der Waals surface area (Å²) in [5.41, 5.74) is -1.16. The molecule has 12 atom stereocenters. The molecule has 266 valence electrons. The largest absolute Gasteiger partial charge is 0.456 e. The summed E-state index contributed by atoms with van der Waals surface area (Å²) in [6.07, 6.45) is 1.95. The zero-order valence-corrected chi connectivity index (χ0v) is 28.2. The summed E-state index contributed by atoms with van der Waals surface area (Å²) in [5.74, 6) is -5.77. The van der Waals surface area contributed by atoms with E-state index in [-0.39, 0.29) is 37.2 Å². The van der Waals surface area contributed by atoms with Crippen molar-refractivity contribution in [3.8, 4) is 0 Å². The number of nitrogens with two attached hydrogens (primary N) is 1. The molecule has 0 aromatic heterocycles. The Balaban J connectivity index is 1.48. The summed E-state index contributed by atoms with van der Waals surface area (Å²) < 4.78 is 52.3. The van der Waals surface area contributed by atoms with Gasteiger partial charge in [0.15, 0.2) is 24.3 Å². The third kappa shape index (κ3) is 5.39. The van der Waals surface area contributed by atoms with Gasteiger partial charge < -0.3 is 35.2 Å². The number of carbonyl (C=O) groups excluding carboxylic acids is 5. The molecular formula is C35H48F2N2O9. The minimum Gasteiger partial charge on any atom is -0.456 e. The lowest BCUT2D eigenvalue weighted by Gasteiger charge is -2.63. The van der Waals surface area contributed by atoms with Crippen LogP contribution in [0.5, 0.6) is 0 Å². The predicted molar refractivity (Wildman–Crippen MR) is 167 cm³/mol. The highest BCUT2D eigenvalue weighted by Gasteiger charge is 2.80. The molecule has 1 heterocycles. The Kier molecular flexibility index (Phi) is 9.95. The number of aliphatic hydroxyl groups is 1. The number of ketones is 2. The summed E-state index contributed by atoms with van der Waals surface area (Å²) in [7, 11) is 0. The number of aldehydes is 1. The average Bonchev–Trinajstić information content (AvgIpc) is 3.52. The van der Waals surface area contributed by atoms with Crippen molar-refractivity contribution in [1.82, 2.24) is 5.32 Å². The normalized spacial score (nSPS) is 41.0. The molecule has 11 nitrogen and oxygen atoms in total. The van der Waals surface area contributed by atoms with Crippen molar-refractivity contribution in [2.24, 2.45) is 40.2 Å². The molecule has 13 heteroatoms. The fourth-order valence-corrected chi connectivity index (χ4v) is 9.55. The van der Waals surface area contributed by atoms with Gasteiger partial charge in [0.2, 0.25) is 11.7 Å². The van der Waals surface area contributed by atoms with Gasteiger partial charge >= 0.3 is 5.97 Å². The van der Waals surface area contributed by atoms with Crippen LogP contribution in [0.4, 0.5) is 8.78 Å². The number of amides is 1. The molecule has 48 heavy (non-hydrogen) atoms. The Hall–Kier alpha value is -2.87. The van der Waals surface area contributed by atoms with E-state index in [0.717, 1.165) is 6.08 Å². The summed E-state index contributed by atoms with van der Waals surface area (Å²) in [6, 6.07) is -2.41. The molecule has 3 saturated carbocycles. The summed E-state index contributed by atoms with van der Waals surface area (Å²) >= 11 is 0. The number of hydrogen-bond acceptors (Lipinski definition) is 10. The van der Waals surface area contributed by atoms with E-state index in [0.29, 0.717) is 19.1 Å². The van der Waals surface area contributed by atoms with Crippen LogP contribution in [0, 0.1) is 34.5 Å². The van der Waals surface area contributed by atoms with Gasteiger partial charge in [0.25, 0.3) is 0 Å². The maximum Gasteiger partial charge on any atom is 0.329 e. The smallest absolute Gasteiger partial charge is 0.329 e. The highest BCUT2D eigenvalue weighted by molar-refractivity contribution is 6.01. The molecule has 5 rings (SSSR count). The third-order valence-corrected chi connectivity index (χ3v) is 11.8. The molecule has 0 aromatic rings. The highest BCUT2D eigenvalue weighted by Crippen LogP contribution is 2.73. The van der Waals surface area contributed by atoms with E-state index in [1.165, 1.54) is 19.1 Å². The number of halogens is 2. The zero-order chi connectivity index (χ0) is 35.4. The van der Waals surface area contributed by atoms with Gasteiger partial charge in [-0.15, -0.1) is 0 Å². The quantitative estimate of drug-likeness (QED) is 0.206. The molecule has 1 aliphatic heterocycles. The lowest BCUT2D eigenvalue weighted by molar-refractivity contribution is -0.217. The van der Waals surface area contributed by atoms with Gasteiger partial charge in [-0.2, -0.15) is 0 Å². The van der Waals surface area contributed by atoms with Gasteiger partial charge in [0.05, 0.1) is 18.6 Å². The van der Waals surface area contributed by atoms with Crippen LogP contribution in [-0.2, 0) is 38.2 Å². The second kappa shape index (κ2) is 13.1. The van der Waals surface area contributed by atoms with Crippen LogP contribution in [0.2, 0.25) is 0 Å². The SMILES string of the molecule is CCCC1O[C@@H]2CC3[C@@H]4C[C@H](F)C5=CC(=O)C=C[C@]5(C)[C@@]4(F)[C@@H](C=O)C[C@]3(C)[C@]2(C(=O)COC(=O)[C@H](CC(C)C)NC(=O)[C@@H](N)CO)O1. The lowest BCUT2D eigenvalue weighted by Crippen LogP contribution is -2.69. The van der Waals surface area contributed by atoms with E-state index in [2.05, 4.69) is 5.32 Å². The van der Waals surface area contributed by atoms with E-state index in [4.69, 9.17) is 19.9 Å². The van der Waals surface area contributed by atoms with E-state index < -0.39 is 107 Å². The van der Waals surface area contributed by atoms with Gasteiger partial charge in [0, 0.05) is 16.7 Å². The number of fused-ring (bicyclic) bond motifs is 7. The minimum atomic E-state index is -2.26. The number of ether oxygens (including phenoxy) is 3. The monoisotopic (exact) mass is 678 g/mol. The first-order valence-corrected chi connectivity index (χ1v) is 17.0. The summed E-state index contributed by atoms with van der Waals surface area (Å²) in [4.78, 5) is 65.2. The van der Waals surface area contributed by atoms with Crippen LogP contribution in [0.25, 0.3) is 0 Å². The van der Waals surface area contributed by atoms with Crippen molar-refractivity contribution in [3.05, 3.63) is 23.8 Å². The number of allylic oxidation sites excluding steroid dienone is 4. The zero-order valence-electron chi connectivity index (χ0n) is 28.2. The lowest BCUT2D eigenvalue weighted by atomic mass is 9.42. The number of aliphatic hydroxyl groups excluding tert-OH is 1. The molecule has 1 saturated heterocycles. The van der Waals surface area contributed by atoms with E-state index in [1.54, 1.807) is 6.92 Å². The molecule has 4 fully saturated rings. The maximum absolute atomic E-state index is 17.9. The van der Waals surface area contributed by atoms with Gasteiger partial charge in [-0.25, -0.2) is 13.6 Å². The number of rotatable bonds is 12. The first-order valence-electron chi connectivity index (χ1n) is 17.0. The first kappa shape index (κ1) is 36.4. The Labute approximate surface area is 279 Å². The number of hydrogen-bond donors (Lipinski definition) is 3. The van der Waals surface area contributed by atoms with Crippen LogP contribution in [0.1, 0.15) is 73.1 Å². The van der Waals surface area contributed by atoms with Crippen molar-refractivity contribution in [2.75, 3.05) is 13.2 Å². The van der Waals surface area contributed by atoms with Crippen molar-refractivity contribution in [2.45, 2.75) is 115 Å². The van der Waals surface area contributed by atoms with Crippen LogP contribution in [0.3, 0.4) is 0 Å². The Morgan fingerprint density at radius 2 is 1.94 bits per heavy atom. The number of Topliss-reactive ketones (excluding diaryl/α,β-unsaturated/α-hetero) is 1. The van der Waals surface area contributed by atoms with Crippen LogP contribution >= 0.6 is 0 Å². The van der Waals surface area contributed by atoms with Crippen molar-refractivity contribution in [1.29, 1.82) is 0 Å². The van der Waals surface area contributed by atoms with Gasteiger partial charge in [-0.1, -0.05) is 40.2 Å². The molecule has 2 unspecified atom stereocenters. The summed E-state index contributed by atoms with van der Waals surface area (Å²) in [6.45, 7) is 7.47. The van der Waals surface area contributed by atoms with Crippen LogP contribution in [0.15, 0.2) is 23.8 Å². The molecule has 0 aromatic carbocycles. The number of alkyl halides is 2. The van der Waals surface area contributed by atoms with Gasteiger partial charge in [-0.3, -0.25) is 14.4 Å². The molecule has 0 spiro atoms. The van der Waals surface area contributed by atoms with E-state index >= 15 is 8.78 Å². The van der Waals surface area contributed by atoms with Crippen molar-refractivity contribution < 1.29 is 52.1 Å². The van der Waals surface area contributed by atoms with Crippen molar-refractivity contribution in [3.63, 3.8) is 0 Å². The Bertz CT molecular complexity index is 1400. The molecule has 0 radical (unpaired) electrons. The Morgan fingerprint density at radius 3 is 2.56 bits per heavy atom. The Morgan fingerprint density at radius 1 is 1.23 bits per heavy atom. The molecule has 4 aliphatic carbocycles. The number of carbonyl (C=O) groups is 5. The first-order chi connectivity index (χ1) is 22.5. The van der Waals surface area contributed by atoms with Gasteiger partial charge in [0.1, 0.15) is 30.2 Å². The minimum absolute atomic E-state index is 0.0126. The fourth-order valence-electron chi connectivity index (χ4n) is 9.55. The van der Waals surface area contributed by atoms with Gasteiger partial charge in [-0.05, 0) is 68.6 Å². The standard InChI is InChI=1S/C35H48F2N2O9/c1-6-7-29-47-28-13-21-22-12-24(36)23-11-20(42)8-9-32(23,4)34(22,37)19(15-40)14-33(21,5)35(28,48-29)27(43)17-46-31(45)26(10-18(2)3)39-30(44)25(38)16-41/h8-9,11,15,18-19,21-22,24-26,28-29,41H,6-7,10,12-14,16-17,38H2,1-5H3,(H,39,44)/t19-,21?,22+,24+,25+,26+,28-,29?,32+,33+,34-,35-/m1/s1. The second-order valence-electron chi connectivity index (χ2n) is 15.0. The van der Waals surface area contributed by atoms with E-state index in [1.807, 2.05) is 20.8 Å². The third-order valence-electron chi connectivity index (χ3n) is 11.8. The topological polar surface area (TPSA) is 171 Å². The van der Waals surface area contributed by atoms with Crippen LogP contribution < -0.4 is 11.1 Å². The molecule has 1 amide bonds. The maximum atomic E-state index is 17.9. The molecule has 5 aliphatic rings. The highest BCUT2D eigenvalue weighted by atomic mass is 19.1. The number of nitrogens with one attached hydrogen (secondary N) is 1. The van der Waals surface area contributed by atoms with Crippen LogP contribution in [-0.4, -0.2) is 90.0 Å². The molecular weight excluding hydrogens is 630 g/mol. The predicted octanol–water partition coefficient (Wildman–Crippen LogP) is 2.61. The second-order valence-corrected chi connectivity index (χ2v) is 15.0. The fraction of sp³-hybridized carbons (Fsp3) is 0.743. The average molecular weight is 679 g/mol. The van der Waals surface area contributed by atoms with E-state index in [9.17, 15) is 29.1 Å². The van der Waals surface area contributed by atoms with Crippen molar-refractivity contribution >= 4 is 29.7 Å². The summed E-state index contributed by atoms with van der Waals surface area (Å²) in [5, 5.41) is 11.7. The molecule has 0 bridgehead atoms.